The molecule has 92 valence electrons. The predicted molar refractivity (Wildman–Crippen MR) is 68.2 cm³/mol. The Morgan fingerprint density at radius 3 is 2.88 bits per heavy atom. The molecule has 2 aromatic rings. The highest BCUT2D eigenvalue weighted by Crippen LogP contribution is 2.29. The van der Waals surface area contributed by atoms with Crippen molar-refractivity contribution < 1.29 is 4.74 Å². The van der Waals surface area contributed by atoms with Crippen molar-refractivity contribution in [3.05, 3.63) is 16.5 Å². The topological polar surface area (TPSA) is 66.0 Å². The molecule has 17 heavy (non-hydrogen) atoms. The Hall–Kier alpha value is -1.04. The number of rotatable bonds is 4. The molecule has 0 fully saturated rings. The van der Waals surface area contributed by atoms with Crippen LogP contribution in [0.1, 0.15) is 13.3 Å². The summed E-state index contributed by atoms with van der Waals surface area (Å²) >= 11 is 11.8. The van der Waals surface area contributed by atoms with Gasteiger partial charge >= 0.3 is 0 Å². The Kier molecular flexibility index (Phi) is 3.71. The molecule has 2 heterocycles. The second kappa shape index (κ2) is 5.08. The number of hydrogen-bond donors (Lipinski definition) is 1. The van der Waals surface area contributed by atoms with Gasteiger partial charge in [0.1, 0.15) is 12.5 Å². The van der Waals surface area contributed by atoms with E-state index in [1.54, 1.807) is 10.8 Å². The summed E-state index contributed by atoms with van der Waals surface area (Å²) < 4.78 is 7.19. The van der Waals surface area contributed by atoms with Crippen molar-refractivity contribution in [3.8, 4) is 0 Å². The first-order valence-corrected chi connectivity index (χ1v) is 5.94. The van der Waals surface area contributed by atoms with Crippen LogP contribution in [0.25, 0.3) is 11.0 Å². The molecule has 0 saturated carbocycles. The monoisotopic (exact) mass is 274 g/mol. The number of nitrogens with two attached hydrogens (primary N) is 1. The molecule has 0 aromatic carbocycles. The summed E-state index contributed by atoms with van der Waals surface area (Å²) in [6.07, 6.45) is 2.66. The lowest BCUT2D eigenvalue weighted by molar-refractivity contribution is 0.0801. The quantitative estimate of drug-likeness (QED) is 0.688. The van der Waals surface area contributed by atoms with Crippen LogP contribution >= 0.6 is 23.2 Å². The van der Waals surface area contributed by atoms with E-state index in [2.05, 4.69) is 9.97 Å². The van der Waals surface area contributed by atoms with Crippen molar-refractivity contribution in [2.45, 2.75) is 20.1 Å². The average Bonchev–Trinajstić information content (AvgIpc) is 2.56. The van der Waals surface area contributed by atoms with E-state index in [1.807, 2.05) is 6.92 Å². The van der Waals surface area contributed by atoms with E-state index in [0.29, 0.717) is 29.4 Å². The zero-order valence-electron chi connectivity index (χ0n) is 9.28. The number of anilines is 1. The second-order valence-corrected chi connectivity index (χ2v) is 4.31. The second-order valence-electron chi connectivity index (χ2n) is 3.56. The van der Waals surface area contributed by atoms with Crippen molar-refractivity contribution in [2.24, 2.45) is 0 Å². The van der Waals surface area contributed by atoms with Crippen LogP contribution in [0, 0.1) is 0 Å². The summed E-state index contributed by atoms with van der Waals surface area (Å²) in [7, 11) is 0. The lowest BCUT2D eigenvalue weighted by Gasteiger charge is -2.05. The lowest BCUT2D eigenvalue weighted by atomic mass is 10.4. The molecule has 0 aliphatic rings. The van der Waals surface area contributed by atoms with Gasteiger partial charge in [0.2, 0.25) is 5.28 Å². The van der Waals surface area contributed by atoms with Gasteiger partial charge in [-0.05, 0) is 18.0 Å². The summed E-state index contributed by atoms with van der Waals surface area (Å²) in [5, 5.41) is 1.20. The van der Waals surface area contributed by atoms with E-state index in [0.717, 1.165) is 6.42 Å². The van der Waals surface area contributed by atoms with Gasteiger partial charge in [-0.15, -0.1) is 0 Å². The third-order valence-corrected chi connectivity index (χ3v) is 2.71. The van der Waals surface area contributed by atoms with Crippen LogP contribution in [0.4, 0.5) is 5.82 Å². The Morgan fingerprint density at radius 2 is 2.18 bits per heavy atom. The maximum absolute atomic E-state index is 6.07. The first kappa shape index (κ1) is 12.4. The summed E-state index contributed by atoms with van der Waals surface area (Å²) in [4.78, 5) is 7.97. The van der Waals surface area contributed by atoms with Gasteiger partial charge in [0.05, 0.1) is 10.4 Å². The molecule has 7 heteroatoms. The minimum atomic E-state index is 0.0986. The molecule has 0 saturated heterocycles. The Bertz CT molecular complexity index is 541. The molecule has 0 aliphatic heterocycles. The molecule has 0 unspecified atom stereocenters. The number of hydrogen-bond acceptors (Lipinski definition) is 4. The normalized spacial score (nSPS) is 11.2. The predicted octanol–water partition coefficient (Wildman–Crippen LogP) is 2.70. The first-order chi connectivity index (χ1) is 8.13. The van der Waals surface area contributed by atoms with Gasteiger partial charge in [0.15, 0.2) is 5.65 Å². The Morgan fingerprint density at radius 1 is 1.41 bits per heavy atom. The molecule has 0 aliphatic carbocycles. The fourth-order valence-electron chi connectivity index (χ4n) is 1.54. The van der Waals surface area contributed by atoms with Crippen molar-refractivity contribution in [3.63, 3.8) is 0 Å². The molecule has 0 atom stereocenters. The Labute approximate surface area is 108 Å². The fraction of sp³-hybridized carbons (Fsp3) is 0.400. The van der Waals surface area contributed by atoms with Crippen molar-refractivity contribution in [2.75, 3.05) is 12.3 Å². The van der Waals surface area contributed by atoms with Gasteiger partial charge in [-0.2, -0.15) is 4.98 Å². The molecule has 0 bridgehead atoms. The highest BCUT2D eigenvalue weighted by Gasteiger charge is 2.13. The zero-order valence-corrected chi connectivity index (χ0v) is 10.8. The van der Waals surface area contributed by atoms with Gasteiger partial charge in [-0.3, -0.25) is 0 Å². The van der Waals surface area contributed by atoms with E-state index in [9.17, 15) is 0 Å². The van der Waals surface area contributed by atoms with Crippen LogP contribution < -0.4 is 5.73 Å². The minimum absolute atomic E-state index is 0.0986. The third kappa shape index (κ3) is 2.46. The molecule has 0 spiro atoms. The van der Waals surface area contributed by atoms with Crippen LogP contribution in [0.2, 0.25) is 10.3 Å². The van der Waals surface area contributed by atoms with E-state index < -0.39 is 0 Å². The number of nitrogens with zero attached hydrogens (tertiary/aromatic N) is 3. The first-order valence-electron chi connectivity index (χ1n) is 5.18. The fourth-order valence-corrected chi connectivity index (χ4v) is 2.01. The molecule has 2 rings (SSSR count). The van der Waals surface area contributed by atoms with Crippen LogP contribution in [-0.4, -0.2) is 21.1 Å². The highest BCUT2D eigenvalue weighted by molar-refractivity contribution is 6.36. The van der Waals surface area contributed by atoms with Gasteiger partial charge in [0, 0.05) is 12.8 Å². The summed E-state index contributed by atoms with van der Waals surface area (Å²) in [5.41, 5.74) is 6.34. The van der Waals surface area contributed by atoms with Crippen molar-refractivity contribution in [1.82, 2.24) is 14.5 Å². The molecule has 2 N–H and O–H groups in total. The van der Waals surface area contributed by atoms with E-state index in [-0.39, 0.29) is 11.1 Å². The minimum Gasteiger partial charge on any atom is -0.383 e. The van der Waals surface area contributed by atoms with Gasteiger partial charge < -0.3 is 15.0 Å². The largest absolute Gasteiger partial charge is 0.383 e. The number of halogens is 2. The molecule has 5 nitrogen and oxygen atoms in total. The number of fused-ring (bicyclic) bond motifs is 1. The zero-order chi connectivity index (χ0) is 12.4. The SMILES string of the molecule is CCCOCn1cc(Cl)c2c(N)nc(Cl)nc21. The number of ether oxygens (including phenoxy) is 1. The van der Waals surface area contributed by atoms with Crippen LogP contribution in [0.3, 0.4) is 0 Å². The molecular weight excluding hydrogens is 263 g/mol. The van der Waals surface area contributed by atoms with Gasteiger partial charge in [-0.25, -0.2) is 4.98 Å². The maximum Gasteiger partial charge on any atom is 0.226 e. The van der Waals surface area contributed by atoms with Crippen molar-refractivity contribution >= 4 is 40.1 Å². The van der Waals surface area contributed by atoms with Crippen LogP contribution in [0.15, 0.2) is 6.20 Å². The van der Waals surface area contributed by atoms with E-state index in [1.165, 1.54) is 0 Å². The van der Waals surface area contributed by atoms with E-state index >= 15 is 0 Å². The van der Waals surface area contributed by atoms with Gasteiger partial charge in [-0.1, -0.05) is 18.5 Å². The molecule has 0 radical (unpaired) electrons. The lowest BCUT2D eigenvalue weighted by Crippen LogP contribution is -2.04. The molecule has 2 aromatic heterocycles. The maximum atomic E-state index is 6.07. The number of nitrogen functional groups attached to an aromatic ring is 1. The Balaban J connectivity index is 2.43. The smallest absolute Gasteiger partial charge is 0.226 e. The van der Waals surface area contributed by atoms with E-state index in [4.69, 9.17) is 33.7 Å². The molecular formula is C10H12Cl2N4O. The van der Waals surface area contributed by atoms with Gasteiger partial charge in [0.25, 0.3) is 0 Å². The summed E-state index contributed by atoms with van der Waals surface area (Å²) in [6.45, 7) is 3.08. The van der Waals surface area contributed by atoms with Crippen LogP contribution in [-0.2, 0) is 11.5 Å². The number of aromatic nitrogens is 3. The van der Waals surface area contributed by atoms with Crippen LogP contribution in [0.5, 0.6) is 0 Å². The molecule has 0 amide bonds. The third-order valence-electron chi connectivity index (χ3n) is 2.25. The average molecular weight is 275 g/mol. The standard InChI is InChI=1S/C10H12Cl2N4O/c1-2-3-17-5-16-4-6(11)7-8(13)14-10(12)15-9(7)16/h4H,2-3,5H2,1H3,(H2,13,14,15). The summed E-state index contributed by atoms with van der Waals surface area (Å²) in [5.74, 6) is 0.277. The summed E-state index contributed by atoms with van der Waals surface area (Å²) in [6, 6.07) is 0. The highest BCUT2D eigenvalue weighted by atomic mass is 35.5. The van der Waals surface area contributed by atoms with Crippen molar-refractivity contribution in [1.29, 1.82) is 0 Å².